The van der Waals surface area contributed by atoms with Crippen molar-refractivity contribution in [3.05, 3.63) is 66.2 Å². The number of hydrogen-bond donors (Lipinski definition) is 0. The number of benzene rings is 3. The van der Waals surface area contributed by atoms with E-state index >= 15 is 0 Å². The number of carbonyl (C=O) groups excluding carboxylic acids is 1. The van der Waals surface area contributed by atoms with Crippen LogP contribution in [0.15, 0.2) is 65.6 Å². The summed E-state index contributed by atoms with van der Waals surface area (Å²) >= 11 is 3.48. The van der Waals surface area contributed by atoms with Crippen molar-refractivity contribution in [2.24, 2.45) is 0 Å². The van der Waals surface area contributed by atoms with E-state index < -0.39 is 0 Å². The average Bonchev–Trinajstić information content (AvgIpc) is 3.24. The highest BCUT2D eigenvalue weighted by Crippen LogP contribution is 2.34. The van der Waals surface area contributed by atoms with E-state index in [4.69, 9.17) is 4.98 Å². The maximum Gasteiger partial charge on any atom is 0.227 e. The van der Waals surface area contributed by atoms with Crippen molar-refractivity contribution in [2.45, 2.75) is 11.3 Å². The van der Waals surface area contributed by atoms with Crippen LogP contribution in [0.4, 0.5) is 5.13 Å². The van der Waals surface area contributed by atoms with Crippen LogP contribution in [0.3, 0.4) is 0 Å². The largest absolute Gasteiger partial charge is 0.345 e. The molecule has 1 fully saturated rings. The lowest BCUT2D eigenvalue weighted by atomic mass is 10.0. The summed E-state index contributed by atoms with van der Waals surface area (Å²) in [7, 11) is 0. The molecule has 0 radical (unpaired) electrons. The number of aromatic nitrogens is 1. The molecule has 3 aromatic carbocycles. The van der Waals surface area contributed by atoms with E-state index in [-0.39, 0.29) is 5.91 Å². The van der Waals surface area contributed by atoms with E-state index in [0.717, 1.165) is 42.4 Å². The third-order valence-electron chi connectivity index (χ3n) is 5.72. The molecule has 1 saturated heterocycles. The first-order valence-electron chi connectivity index (χ1n) is 10.2. The van der Waals surface area contributed by atoms with E-state index in [0.29, 0.717) is 6.42 Å². The van der Waals surface area contributed by atoms with E-state index in [9.17, 15) is 4.79 Å². The lowest BCUT2D eigenvalue weighted by molar-refractivity contribution is -0.130. The van der Waals surface area contributed by atoms with Gasteiger partial charge in [-0.1, -0.05) is 59.9 Å². The van der Waals surface area contributed by atoms with Gasteiger partial charge in [-0.05, 0) is 34.7 Å². The van der Waals surface area contributed by atoms with Gasteiger partial charge in [0.1, 0.15) is 0 Å². The molecule has 0 unspecified atom stereocenters. The fraction of sp³-hybridized carbons (Fsp3) is 0.250. The molecule has 1 aliphatic heterocycles. The highest BCUT2D eigenvalue weighted by Gasteiger charge is 2.24. The van der Waals surface area contributed by atoms with Crippen LogP contribution < -0.4 is 4.90 Å². The highest BCUT2D eigenvalue weighted by molar-refractivity contribution is 7.98. The van der Waals surface area contributed by atoms with Crippen molar-refractivity contribution in [2.75, 3.05) is 37.3 Å². The number of amides is 1. The molecule has 0 N–H and O–H groups in total. The number of thiazole rings is 1. The molecule has 5 rings (SSSR count). The molecule has 152 valence electrons. The minimum absolute atomic E-state index is 0.208. The summed E-state index contributed by atoms with van der Waals surface area (Å²) < 4.78 is 1.23. The minimum atomic E-state index is 0.208. The fourth-order valence-corrected chi connectivity index (χ4v) is 5.75. The number of para-hydroxylation sites is 1. The molecule has 6 heteroatoms. The molecule has 4 nitrogen and oxygen atoms in total. The van der Waals surface area contributed by atoms with Gasteiger partial charge in [0.05, 0.1) is 16.6 Å². The van der Waals surface area contributed by atoms with Crippen LogP contribution in [0.2, 0.25) is 0 Å². The van der Waals surface area contributed by atoms with Crippen molar-refractivity contribution >= 4 is 55.1 Å². The minimum Gasteiger partial charge on any atom is -0.345 e. The lowest BCUT2D eigenvalue weighted by Crippen LogP contribution is -2.49. The number of carbonyl (C=O) groups is 1. The van der Waals surface area contributed by atoms with Gasteiger partial charge < -0.3 is 9.80 Å². The van der Waals surface area contributed by atoms with Gasteiger partial charge in [0.25, 0.3) is 0 Å². The van der Waals surface area contributed by atoms with Gasteiger partial charge >= 0.3 is 0 Å². The number of anilines is 1. The van der Waals surface area contributed by atoms with E-state index in [1.165, 1.54) is 20.4 Å². The Bertz CT molecular complexity index is 1210. The van der Waals surface area contributed by atoms with Crippen molar-refractivity contribution in [1.29, 1.82) is 0 Å². The Morgan fingerprint density at radius 1 is 1.00 bits per heavy atom. The molecule has 1 amide bonds. The number of thioether (sulfide) groups is 1. The van der Waals surface area contributed by atoms with Gasteiger partial charge in [0, 0.05) is 31.1 Å². The fourth-order valence-electron chi connectivity index (χ4n) is 4.08. The molecular weight excluding hydrogens is 410 g/mol. The number of rotatable bonds is 4. The Hall–Kier alpha value is -2.57. The van der Waals surface area contributed by atoms with Crippen molar-refractivity contribution in [3.8, 4) is 0 Å². The monoisotopic (exact) mass is 433 g/mol. The standard InChI is InChI=1S/C24H23N3OS2/c1-29-20-10-5-11-21-23(20)25-24(30-21)27-14-12-26(13-15-27)22(28)16-18-8-4-7-17-6-2-3-9-19(17)18/h2-11H,12-16H2,1H3. The van der Waals surface area contributed by atoms with Crippen molar-refractivity contribution < 1.29 is 4.79 Å². The molecule has 0 atom stereocenters. The van der Waals surface area contributed by atoms with E-state index in [1.807, 2.05) is 23.1 Å². The third-order valence-corrected chi connectivity index (χ3v) is 7.57. The zero-order chi connectivity index (χ0) is 20.5. The van der Waals surface area contributed by atoms with E-state index in [2.05, 4.69) is 53.6 Å². The Labute approximate surface area is 184 Å². The second kappa shape index (κ2) is 8.28. The molecule has 0 aliphatic carbocycles. The number of nitrogens with zero attached hydrogens (tertiary/aromatic N) is 3. The Morgan fingerprint density at radius 2 is 1.77 bits per heavy atom. The summed E-state index contributed by atoms with van der Waals surface area (Å²) in [5, 5.41) is 3.42. The average molecular weight is 434 g/mol. The molecule has 30 heavy (non-hydrogen) atoms. The number of hydrogen-bond acceptors (Lipinski definition) is 5. The molecule has 1 aromatic heterocycles. The first-order valence-corrected chi connectivity index (χ1v) is 12.2. The molecule has 1 aliphatic rings. The second-order valence-electron chi connectivity index (χ2n) is 7.49. The molecular formula is C24H23N3OS2. The van der Waals surface area contributed by atoms with Gasteiger partial charge in [-0.15, -0.1) is 11.8 Å². The predicted octanol–water partition coefficient (Wildman–Crippen LogP) is 5.06. The zero-order valence-electron chi connectivity index (χ0n) is 16.9. The Balaban J connectivity index is 1.27. The molecule has 2 heterocycles. The SMILES string of the molecule is CSc1cccc2sc(N3CCN(C(=O)Cc4cccc5ccccc45)CC3)nc12. The summed E-state index contributed by atoms with van der Waals surface area (Å²) in [6.07, 6.45) is 2.55. The first kappa shape index (κ1) is 19.4. The van der Waals surface area contributed by atoms with Gasteiger partial charge in [-0.25, -0.2) is 4.98 Å². The number of piperazine rings is 1. The van der Waals surface area contributed by atoms with Crippen LogP contribution in [0, 0.1) is 0 Å². The first-order chi connectivity index (χ1) is 14.7. The topological polar surface area (TPSA) is 36.4 Å². The summed E-state index contributed by atoms with van der Waals surface area (Å²) in [5.41, 5.74) is 2.20. The summed E-state index contributed by atoms with van der Waals surface area (Å²) in [6.45, 7) is 3.15. The zero-order valence-corrected chi connectivity index (χ0v) is 18.5. The quantitative estimate of drug-likeness (QED) is 0.422. The predicted molar refractivity (Wildman–Crippen MR) is 128 cm³/mol. The highest BCUT2D eigenvalue weighted by atomic mass is 32.2. The van der Waals surface area contributed by atoms with Crippen LogP contribution in [0.1, 0.15) is 5.56 Å². The summed E-state index contributed by atoms with van der Waals surface area (Å²) in [4.78, 5) is 23.4. The third kappa shape index (κ3) is 3.66. The Morgan fingerprint density at radius 3 is 2.60 bits per heavy atom. The van der Waals surface area contributed by atoms with Gasteiger partial charge in [0.2, 0.25) is 5.91 Å². The molecule has 4 aromatic rings. The van der Waals surface area contributed by atoms with Crippen molar-refractivity contribution in [3.63, 3.8) is 0 Å². The van der Waals surface area contributed by atoms with Crippen LogP contribution >= 0.6 is 23.1 Å². The summed E-state index contributed by atoms with van der Waals surface area (Å²) in [5.74, 6) is 0.208. The van der Waals surface area contributed by atoms with Crippen LogP contribution in [-0.4, -0.2) is 48.2 Å². The lowest BCUT2D eigenvalue weighted by Gasteiger charge is -2.34. The summed E-state index contributed by atoms with van der Waals surface area (Å²) in [6, 6.07) is 20.9. The molecule has 0 spiro atoms. The van der Waals surface area contributed by atoms with Crippen LogP contribution in [-0.2, 0) is 11.2 Å². The Kier molecular flexibility index (Phi) is 5.35. The number of fused-ring (bicyclic) bond motifs is 2. The van der Waals surface area contributed by atoms with Crippen molar-refractivity contribution in [1.82, 2.24) is 9.88 Å². The second-order valence-corrected chi connectivity index (χ2v) is 9.34. The maximum atomic E-state index is 13.0. The smallest absolute Gasteiger partial charge is 0.227 e. The normalized spacial score (nSPS) is 14.6. The van der Waals surface area contributed by atoms with Crippen LogP contribution in [0.25, 0.3) is 21.0 Å². The van der Waals surface area contributed by atoms with Gasteiger partial charge in [-0.3, -0.25) is 4.79 Å². The van der Waals surface area contributed by atoms with E-state index in [1.54, 1.807) is 23.1 Å². The maximum absolute atomic E-state index is 13.0. The molecule has 0 bridgehead atoms. The van der Waals surface area contributed by atoms with Crippen LogP contribution in [0.5, 0.6) is 0 Å². The molecule has 0 saturated carbocycles. The van der Waals surface area contributed by atoms with Gasteiger partial charge in [0.15, 0.2) is 5.13 Å². The van der Waals surface area contributed by atoms with Gasteiger partial charge in [-0.2, -0.15) is 0 Å².